The highest BCUT2D eigenvalue weighted by Crippen LogP contribution is 2.35. The molecular weight excluding hydrogens is 246 g/mol. The largest absolute Gasteiger partial charge is 0.477 e. The number of carboxylic acid groups (broad SMARTS) is 1. The van der Waals surface area contributed by atoms with Gasteiger partial charge in [0.1, 0.15) is 4.88 Å². The van der Waals surface area contributed by atoms with Crippen LogP contribution in [0.1, 0.15) is 21.7 Å². The molecule has 3 rings (SSSR count). The van der Waals surface area contributed by atoms with Crippen LogP contribution in [-0.4, -0.2) is 17.6 Å². The van der Waals surface area contributed by atoms with E-state index in [1.54, 1.807) is 6.07 Å². The highest BCUT2D eigenvalue weighted by atomic mass is 32.1. The van der Waals surface area contributed by atoms with Crippen molar-refractivity contribution in [2.24, 2.45) is 0 Å². The Morgan fingerprint density at radius 2 is 2.17 bits per heavy atom. The van der Waals surface area contributed by atoms with Crippen molar-refractivity contribution >= 4 is 28.7 Å². The number of carbonyl (C=O) groups is 1. The number of aryl methyl sites for hydroxylation is 1. The molecule has 0 fully saturated rings. The van der Waals surface area contributed by atoms with E-state index in [1.807, 2.05) is 11.4 Å². The van der Waals surface area contributed by atoms with Crippen molar-refractivity contribution in [3.63, 3.8) is 0 Å². The van der Waals surface area contributed by atoms with Gasteiger partial charge in [-0.25, -0.2) is 4.79 Å². The Kier molecular flexibility index (Phi) is 2.80. The topological polar surface area (TPSA) is 40.5 Å². The lowest BCUT2D eigenvalue weighted by Crippen LogP contribution is -2.23. The van der Waals surface area contributed by atoms with Crippen LogP contribution in [0, 0.1) is 0 Å². The van der Waals surface area contributed by atoms with Gasteiger partial charge in [0.05, 0.1) is 5.69 Å². The summed E-state index contributed by atoms with van der Waals surface area (Å²) in [6, 6.07) is 10.1. The molecule has 0 amide bonds. The van der Waals surface area contributed by atoms with Crippen molar-refractivity contribution in [1.29, 1.82) is 0 Å². The quantitative estimate of drug-likeness (QED) is 0.897. The predicted octanol–water partition coefficient (Wildman–Crippen LogP) is 3.53. The number of carboxylic acids is 1. The molecule has 0 saturated carbocycles. The molecule has 0 aliphatic carbocycles. The number of nitrogens with zero attached hydrogens (tertiary/aromatic N) is 1. The van der Waals surface area contributed by atoms with Gasteiger partial charge in [0.2, 0.25) is 0 Å². The number of thiophene rings is 1. The summed E-state index contributed by atoms with van der Waals surface area (Å²) in [6.45, 7) is 0.951. The van der Waals surface area contributed by atoms with Crippen molar-refractivity contribution in [2.45, 2.75) is 12.8 Å². The third-order valence-corrected chi connectivity index (χ3v) is 4.12. The van der Waals surface area contributed by atoms with Gasteiger partial charge in [0.25, 0.3) is 0 Å². The van der Waals surface area contributed by atoms with Crippen LogP contribution >= 0.6 is 11.3 Å². The smallest absolute Gasteiger partial charge is 0.345 e. The molecule has 1 N–H and O–H groups in total. The molecule has 1 aliphatic heterocycles. The van der Waals surface area contributed by atoms with Crippen LogP contribution in [0.5, 0.6) is 0 Å². The minimum Gasteiger partial charge on any atom is -0.477 e. The molecule has 0 spiro atoms. The number of rotatable bonds is 2. The van der Waals surface area contributed by atoms with E-state index in [-0.39, 0.29) is 0 Å². The molecule has 2 heterocycles. The summed E-state index contributed by atoms with van der Waals surface area (Å²) >= 11 is 1.28. The molecule has 1 aliphatic rings. The molecule has 0 radical (unpaired) electrons. The van der Waals surface area contributed by atoms with Gasteiger partial charge < -0.3 is 10.0 Å². The molecule has 1 aromatic heterocycles. The van der Waals surface area contributed by atoms with E-state index in [0.717, 1.165) is 25.1 Å². The van der Waals surface area contributed by atoms with Crippen LogP contribution < -0.4 is 4.90 Å². The lowest BCUT2D eigenvalue weighted by Gasteiger charge is -2.30. The standard InChI is InChI=1S/C14H13NO2S/c16-14(17)13-8-11(9-18-13)15-7-3-5-10-4-1-2-6-12(10)15/h1-2,4,6,8-9H,3,5,7H2,(H,16,17). The molecular formula is C14H13NO2S. The second-order valence-corrected chi connectivity index (χ2v) is 5.27. The normalized spacial score (nSPS) is 14.3. The molecule has 0 unspecified atom stereocenters. The number of para-hydroxylation sites is 1. The maximum Gasteiger partial charge on any atom is 0.345 e. The summed E-state index contributed by atoms with van der Waals surface area (Å²) in [7, 11) is 0. The lowest BCUT2D eigenvalue weighted by atomic mass is 10.0. The van der Waals surface area contributed by atoms with Crippen molar-refractivity contribution in [1.82, 2.24) is 0 Å². The summed E-state index contributed by atoms with van der Waals surface area (Å²) in [6.07, 6.45) is 2.21. The van der Waals surface area contributed by atoms with Crippen LogP contribution in [0.4, 0.5) is 11.4 Å². The Labute approximate surface area is 109 Å². The predicted molar refractivity (Wildman–Crippen MR) is 73.0 cm³/mol. The minimum atomic E-state index is -0.850. The van der Waals surface area contributed by atoms with Crippen LogP contribution in [0.2, 0.25) is 0 Å². The fourth-order valence-electron chi connectivity index (χ4n) is 2.38. The van der Waals surface area contributed by atoms with Gasteiger partial charge in [0.15, 0.2) is 0 Å². The molecule has 0 saturated heterocycles. The average molecular weight is 259 g/mol. The first kappa shape index (κ1) is 11.3. The summed E-state index contributed by atoms with van der Waals surface area (Å²) in [5.74, 6) is -0.850. The maximum absolute atomic E-state index is 10.9. The van der Waals surface area contributed by atoms with Crippen molar-refractivity contribution < 1.29 is 9.90 Å². The third kappa shape index (κ3) is 1.88. The van der Waals surface area contributed by atoms with Crippen molar-refractivity contribution in [3.05, 3.63) is 46.2 Å². The molecule has 1 aromatic carbocycles. The minimum absolute atomic E-state index is 0.396. The zero-order chi connectivity index (χ0) is 12.5. The number of hydrogen-bond donors (Lipinski definition) is 1. The number of fused-ring (bicyclic) bond motifs is 1. The van der Waals surface area contributed by atoms with E-state index in [4.69, 9.17) is 5.11 Å². The monoisotopic (exact) mass is 259 g/mol. The summed E-state index contributed by atoms with van der Waals surface area (Å²) < 4.78 is 0. The van der Waals surface area contributed by atoms with Crippen LogP contribution in [0.15, 0.2) is 35.7 Å². The number of aromatic carboxylic acids is 1. The van der Waals surface area contributed by atoms with Gasteiger partial charge in [-0.3, -0.25) is 0 Å². The molecule has 3 nitrogen and oxygen atoms in total. The molecule has 4 heteroatoms. The molecule has 18 heavy (non-hydrogen) atoms. The molecule has 0 atom stereocenters. The fraction of sp³-hybridized carbons (Fsp3) is 0.214. The average Bonchev–Trinajstić information content (AvgIpc) is 2.87. The molecule has 92 valence electrons. The highest BCUT2D eigenvalue weighted by molar-refractivity contribution is 7.12. The van der Waals surface area contributed by atoms with Crippen LogP contribution in [0.3, 0.4) is 0 Å². The first-order valence-corrected chi connectivity index (χ1v) is 6.81. The Hall–Kier alpha value is -1.81. The van der Waals surface area contributed by atoms with E-state index >= 15 is 0 Å². The zero-order valence-electron chi connectivity index (χ0n) is 9.80. The van der Waals surface area contributed by atoms with Gasteiger partial charge >= 0.3 is 5.97 Å². The maximum atomic E-state index is 10.9. The van der Waals surface area contributed by atoms with E-state index in [2.05, 4.69) is 23.1 Å². The van der Waals surface area contributed by atoms with Gasteiger partial charge in [-0.15, -0.1) is 11.3 Å². The third-order valence-electron chi connectivity index (χ3n) is 3.22. The highest BCUT2D eigenvalue weighted by Gasteiger charge is 2.19. The van der Waals surface area contributed by atoms with E-state index < -0.39 is 5.97 Å². The summed E-state index contributed by atoms with van der Waals surface area (Å²) in [5.41, 5.74) is 3.54. The molecule has 0 bridgehead atoms. The van der Waals surface area contributed by atoms with Crippen LogP contribution in [-0.2, 0) is 6.42 Å². The molecule has 2 aromatic rings. The fourth-order valence-corrected chi connectivity index (χ4v) is 3.11. The van der Waals surface area contributed by atoms with Gasteiger partial charge in [-0.05, 0) is 30.5 Å². The summed E-state index contributed by atoms with van der Waals surface area (Å²) in [5, 5.41) is 10.9. The van der Waals surface area contributed by atoms with Crippen molar-refractivity contribution in [2.75, 3.05) is 11.4 Å². The zero-order valence-corrected chi connectivity index (χ0v) is 10.6. The Balaban J connectivity index is 2.00. The number of benzene rings is 1. The second-order valence-electron chi connectivity index (χ2n) is 4.36. The van der Waals surface area contributed by atoms with E-state index in [1.165, 1.54) is 22.6 Å². The summed E-state index contributed by atoms with van der Waals surface area (Å²) in [4.78, 5) is 13.5. The first-order valence-electron chi connectivity index (χ1n) is 5.93. The lowest BCUT2D eigenvalue weighted by molar-refractivity contribution is 0.0702. The Morgan fingerprint density at radius 1 is 1.33 bits per heavy atom. The van der Waals surface area contributed by atoms with E-state index in [9.17, 15) is 4.79 Å². The Bertz CT molecular complexity index is 591. The van der Waals surface area contributed by atoms with E-state index in [0.29, 0.717) is 4.88 Å². The second kappa shape index (κ2) is 4.46. The number of anilines is 2. The SMILES string of the molecule is O=C(O)c1cc(N2CCCc3ccccc32)cs1. The number of hydrogen-bond acceptors (Lipinski definition) is 3. The first-order chi connectivity index (χ1) is 8.75. The van der Waals surface area contributed by atoms with Gasteiger partial charge in [0, 0.05) is 17.6 Å². The van der Waals surface area contributed by atoms with Crippen LogP contribution in [0.25, 0.3) is 0 Å². The Morgan fingerprint density at radius 3 is 2.94 bits per heavy atom. The van der Waals surface area contributed by atoms with Gasteiger partial charge in [-0.1, -0.05) is 18.2 Å². The van der Waals surface area contributed by atoms with Crippen molar-refractivity contribution in [3.8, 4) is 0 Å². The van der Waals surface area contributed by atoms with Gasteiger partial charge in [-0.2, -0.15) is 0 Å².